The Labute approximate surface area is 120 Å². The minimum atomic E-state index is -3.49. The van der Waals surface area contributed by atoms with Crippen LogP contribution < -0.4 is 5.73 Å². The van der Waals surface area contributed by atoms with Crippen molar-refractivity contribution in [3.05, 3.63) is 24.3 Å². The molecule has 1 aliphatic carbocycles. The summed E-state index contributed by atoms with van der Waals surface area (Å²) in [7, 11) is -6.81. The zero-order valence-corrected chi connectivity index (χ0v) is 13.0. The predicted octanol–water partition coefficient (Wildman–Crippen LogP) is 1.13. The second-order valence-corrected chi connectivity index (χ2v) is 9.46. The molecule has 7 heteroatoms. The van der Waals surface area contributed by atoms with E-state index in [0.29, 0.717) is 12.8 Å². The van der Waals surface area contributed by atoms with E-state index in [1.54, 1.807) is 0 Å². The fourth-order valence-corrected chi connectivity index (χ4v) is 5.13. The molecule has 2 N–H and O–H groups in total. The van der Waals surface area contributed by atoms with Gasteiger partial charge in [0.2, 0.25) is 0 Å². The molecule has 0 bridgehead atoms. The van der Waals surface area contributed by atoms with Gasteiger partial charge in [-0.15, -0.1) is 0 Å². The van der Waals surface area contributed by atoms with Crippen molar-refractivity contribution >= 4 is 19.7 Å². The number of sulfone groups is 2. The van der Waals surface area contributed by atoms with Crippen LogP contribution in [0.5, 0.6) is 0 Å². The topological polar surface area (TPSA) is 94.3 Å². The van der Waals surface area contributed by atoms with Crippen LogP contribution in [0.3, 0.4) is 0 Å². The molecule has 1 aromatic rings. The van der Waals surface area contributed by atoms with E-state index in [1.165, 1.54) is 24.3 Å². The monoisotopic (exact) mass is 317 g/mol. The summed E-state index contributed by atoms with van der Waals surface area (Å²) >= 11 is 0. The van der Waals surface area contributed by atoms with Crippen LogP contribution in [0, 0.1) is 0 Å². The second kappa shape index (κ2) is 5.46. The van der Waals surface area contributed by atoms with Crippen molar-refractivity contribution in [3.8, 4) is 0 Å². The maximum Gasteiger partial charge on any atom is 0.182 e. The van der Waals surface area contributed by atoms with Crippen molar-refractivity contribution < 1.29 is 16.8 Å². The Hall–Kier alpha value is -0.920. The molecule has 1 aliphatic rings. The average Bonchev–Trinajstić information content (AvgIpc) is 2.38. The molecule has 112 valence electrons. The van der Waals surface area contributed by atoms with E-state index in [4.69, 9.17) is 5.73 Å². The van der Waals surface area contributed by atoms with Gasteiger partial charge in [-0.05, 0) is 37.1 Å². The largest absolute Gasteiger partial charge is 0.327 e. The molecule has 0 spiro atoms. The SMILES string of the molecule is CS(=O)(=O)c1ccc(S(=O)(=O)C2CCCCC2N)cc1. The van der Waals surface area contributed by atoms with Gasteiger partial charge >= 0.3 is 0 Å². The molecule has 2 rings (SSSR count). The lowest BCUT2D eigenvalue weighted by Gasteiger charge is -2.28. The third kappa shape index (κ3) is 3.05. The van der Waals surface area contributed by atoms with Gasteiger partial charge in [-0.2, -0.15) is 0 Å². The number of benzene rings is 1. The summed E-state index contributed by atoms with van der Waals surface area (Å²) in [5.41, 5.74) is 5.93. The molecule has 1 fully saturated rings. The van der Waals surface area contributed by atoms with Gasteiger partial charge in [0.05, 0.1) is 15.0 Å². The molecular formula is C13H19NO4S2. The highest BCUT2D eigenvalue weighted by molar-refractivity contribution is 7.92. The zero-order valence-electron chi connectivity index (χ0n) is 11.3. The van der Waals surface area contributed by atoms with Gasteiger partial charge in [-0.3, -0.25) is 0 Å². The molecule has 0 aliphatic heterocycles. The number of rotatable bonds is 3. The lowest BCUT2D eigenvalue weighted by Crippen LogP contribution is -2.42. The molecule has 0 amide bonds. The van der Waals surface area contributed by atoms with E-state index in [-0.39, 0.29) is 15.8 Å². The molecular weight excluding hydrogens is 298 g/mol. The molecule has 5 nitrogen and oxygen atoms in total. The summed E-state index contributed by atoms with van der Waals surface area (Å²) < 4.78 is 47.8. The van der Waals surface area contributed by atoms with Crippen LogP contribution in [0.2, 0.25) is 0 Å². The summed E-state index contributed by atoms with van der Waals surface area (Å²) in [5, 5.41) is -0.569. The quantitative estimate of drug-likeness (QED) is 0.902. The lowest BCUT2D eigenvalue weighted by molar-refractivity contribution is 0.432. The maximum atomic E-state index is 12.5. The molecule has 1 aromatic carbocycles. The Morgan fingerprint density at radius 3 is 1.95 bits per heavy atom. The van der Waals surface area contributed by atoms with Crippen molar-refractivity contribution in [2.24, 2.45) is 5.73 Å². The van der Waals surface area contributed by atoms with Crippen LogP contribution in [0.15, 0.2) is 34.1 Å². The minimum absolute atomic E-state index is 0.115. The third-order valence-corrected chi connectivity index (χ3v) is 7.17. The molecule has 2 unspecified atom stereocenters. The van der Waals surface area contributed by atoms with Crippen LogP contribution >= 0.6 is 0 Å². The Bertz CT molecular complexity index is 678. The van der Waals surface area contributed by atoms with Gasteiger partial charge in [0, 0.05) is 12.3 Å². The van der Waals surface area contributed by atoms with Crippen LogP contribution in [-0.2, 0) is 19.7 Å². The summed E-state index contributed by atoms with van der Waals surface area (Å²) in [6.45, 7) is 0. The van der Waals surface area contributed by atoms with Gasteiger partial charge in [0.15, 0.2) is 19.7 Å². The van der Waals surface area contributed by atoms with Crippen molar-refractivity contribution in [1.82, 2.24) is 0 Å². The molecule has 0 saturated heterocycles. The first-order valence-corrected chi connectivity index (χ1v) is 9.96. The number of hydrogen-bond donors (Lipinski definition) is 1. The normalized spacial score (nSPS) is 24.5. The van der Waals surface area contributed by atoms with E-state index in [1.807, 2.05) is 0 Å². The van der Waals surface area contributed by atoms with Crippen LogP contribution in [-0.4, -0.2) is 34.4 Å². The number of hydrogen-bond acceptors (Lipinski definition) is 5. The summed E-state index contributed by atoms with van der Waals surface area (Å²) in [4.78, 5) is 0.261. The van der Waals surface area contributed by atoms with Gasteiger partial charge in [-0.1, -0.05) is 12.8 Å². The number of nitrogens with two attached hydrogens (primary N) is 1. The molecule has 0 aromatic heterocycles. The molecule has 0 heterocycles. The van der Waals surface area contributed by atoms with E-state index < -0.39 is 24.9 Å². The van der Waals surface area contributed by atoms with Crippen LogP contribution in [0.4, 0.5) is 0 Å². The van der Waals surface area contributed by atoms with E-state index in [9.17, 15) is 16.8 Å². The highest BCUT2D eigenvalue weighted by Crippen LogP contribution is 2.28. The first-order valence-electron chi connectivity index (χ1n) is 6.52. The molecule has 2 atom stereocenters. The smallest absolute Gasteiger partial charge is 0.182 e. The van der Waals surface area contributed by atoms with E-state index in [2.05, 4.69) is 0 Å². The second-order valence-electron chi connectivity index (χ2n) is 5.28. The Kier molecular flexibility index (Phi) is 4.22. The van der Waals surface area contributed by atoms with E-state index >= 15 is 0 Å². The van der Waals surface area contributed by atoms with E-state index in [0.717, 1.165) is 19.1 Å². The zero-order chi connectivity index (χ0) is 15.0. The molecule has 0 radical (unpaired) electrons. The lowest BCUT2D eigenvalue weighted by atomic mass is 9.96. The maximum absolute atomic E-state index is 12.5. The van der Waals surface area contributed by atoms with Crippen LogP contribution in [0.1, 0.15) is 25.7 Å². The minimum Gasteiger partial charge on any atom is -0.327 e. The molecule has 20 heavy (non-hydrogen) atoms. The van der Waals surface area contributed by atoms with Gasteiger partial charge < -0.3 is 5.73 Å². The van der Waals surface area contributed by atoms with Crippen molar-refractivity contribution in [2.45, 2.75) is 46.8 Å². The average molecular weight is 317 g/mol. The highest BCUT2D eigenvalue weighted by Gasteiger charge is 2.34. The Balaban J connectivity index is 2.35. The van der Waals surface area contributed by atoms with Gasteiger partial charge in [0.25, 0.3) is 0 Å². The first kappa shape index (κ1) is 15.5. The fourth-order valence-electron chi connectivity index (χ4n) is 2.56. The predicted molar refractivity (Wildman–Crippen MR) is 77.0 cm³/mol. The third-order valence-electron chi connectivity index (χ3n) is 3.73. The van der Waals surface area contributed by atoms with Gasteiger partial charge in [0.1, 0.15) is 0 Å². The van der Waals surface area contributed by atoms with Crippen LogP contribution in [0.25, 0.3) is 0 Å². The molecule has 1 saturated carbocycles. The summed E-state index contributed by atoms with van der Waals surface area (Å²) in [6.07, 6.45) is 4.19. The summed E-state index contributed by atoms with van der Waals surface area (Å²) in [5.74, 6) is 0. The highest BCUT2D eigenvalue weighted by atomic mass is 32.2. The standard InChI is InChI=1S/C13H19NO4S2/c1-19(15,16)10-6-8-11(9-7-10)20(17,18)13-5-3-2-4-12(13)14/h6-9,12-13H,2-5,14H2,1H3. The van der Waals surface area contributed by atoms with Crippen molar-refractivity contribution in [2.75, 3.05) is 6.26 Å². The fraction of sp³-hybridized carbons (Fsp3) is 0.538. The first-order chi connectivity index (χ1) is 9.23. The Morgan fingerprint density at radius 1 is 0.950 bits per heavy atom. The van der Waals surface area contributed by atoms with Crippen molar-refractivity contribution in [3.63, 3.8) is 0 Å². The van der Waals surface area contributed by atoms with Crippen molar-refractivity contribution in [1.29, 1.82) is 0 Å². The van der Waals surface area contributed by atoms with Gasteiger partial charge in [-0.25, -0.2) is 16.8 Å². The summed E-state index contributed by atoms with van der Waals surface area (Å²) in [6, 6.07) is 5.02. The Morgan fingerprint density at radius 2 is 1.45 bits per heavy atom.